The quantitative estimate of drug-likeness (QED) is 0.174. The maximum atomic E-state index is 6.49. The van der Waals surface area contributed by atoms with Gasteiger partial charge < -0.3 is 18.9 Å². The fraction of sp³-hybridized carbons (Fsp3) is 0. The third kappa shape index (κ3) is 4.92. The summed E-state index contributed by atoms with van der Waals surface area (Å²) in [6.45, 7) is 0. The summed E-state index contributed by atoms with van der Waals surface area (Å²) in [6.07, 6.45) is 0. The largest absolute Gasteiger partial charge is 0.453 e. The first kappa shape index (κ1) is 33.2. The van der Waals surface area contributed by atoms with E-state index in [1.807, 2.05) is 41.7 Å². The number of aromatic nitrogens is 1. The number of rotatable bonds is 5. The molecule has 0 fully saturated rings. The standard InChI is InChI=1S/C54H33N3O2S/c1-2-12-36(13-3-1)56-42-16-6-4-14-39(42)41-33-38(29-30-43(41)56)55(45-18-10-23-52-53(45)40-15-5-9-22-51(40)60-52)37-27-24-34(25-28-37)35-26-31-48-46(32-35)57-44-17-7-8-19-47(44)58-49-20-11-21-50(59-48)54(49)57/h1-33H. The average molecular weight is 788 g/mol. The van der Waals surface area contributed by atoms with Crippen LogP contribution in [0, 0.1) is 0 Å². The summed E-state index contributed by atoms with van der Waals surface area (Å²) in [4.78, 5) is 4.71. The number of thiophene rings is 1. The summed E-state index contributed by atoms with van der Waals surface area (Å²) in [6, 6.07) is 71.4. The van der Waals surface area contributed by atoms with E-state index in [0.29, 0.717) is 0 Å². The van der Waals surface area contributed by atoms with Gasteiger partial charge in [0.1, 0.15) is 5.69 Å². The Hall–Kier alpha value is -7.80. The molecular formula is C54H33N3O2S. The van der Waals surface area contributed by atoms with Crippen molar-refractivity contribution in [2.75, 3.05) is 9.80 Å². The van der Waals surface area contributed by atoms with Crippen LogP contribution in [0.3, 0.4) is 0 Å². The molecule has 0 N–H and O–H groups in total. The van der Waals surface area contributed by atoms with Gasteiger partial charge in [-0.25, -0.2) is 0 Å². The van der Waals surface area contributed by atoms with Crippen LogP contribution in [0.25, 0.3) is 58.8 Å². The first-order valence-electron chi connectivity index (χ1n) is 20.2. The van der Waals surface area contributed by atoms with Crippen LogP contribution in [0.2, 0.25) is 0 Å². The zero-order valence-electron chi connectivity index (χ0n) is 32.1. The molecule has 9 aromatic carbocycles. The normalized spacial score (nSPS) is 12.6. The Balaban J connectivity index is 0.972. The molecule has 0 unspecified atom stereocenters. The summed E-state index contributed by atoms with van der Waals surface area (Å²) in [5, 5.41) is 4.96. The van der Waals surface area contributed by atoms with Gasteiger partial charge in [-0.05, 0) is 114 Å². The fourth-order valence-electron chi connectivity index (χ4n) is 9.31. The van der Waals surface area contributed by atoms with Crippen molar-refractivity contribution in [2.45, 2.75) is 0 Å². The summed E-state index contributed by atoms with van der Waals surface area (Å²) in [5.41, 5.74) is 11.9. The predicted molar refractivity (Wildman–Crippen MR) is 249 cm³/mol. The zero-order valence-corrected chi connectivity index (χ0v) is 32.9. The van der Waals surface area contributed by atoms with E-state index in [4.69, 9.17) is 9.47 Å². The molecule has 0 amide bonds. The van der Waals surface area contributed by atoms with Crippen LogP contribution in [0.15, 0.2) is 200 Å². The van der Waals surface area contributed by atoms with Gasteiger partial charge in [0.05, 0.1) is 28.1 Å². The van der Waals surface area contributed by atoms with E-state index < -0.39 is 0 Å². The molecule has 11 aromatic rings. The van der Waals surface area contributed by atoms with Crippen molar-refractivity contribution in [1.29, 1.82) is 0 Å². The van der Waals surface area contributed by atoms with Crippen LogP contribution < -0.4 is 19.3 Å². The lowest BCUT2D eigenvalue weighted by atomic mass is 10.0. The second-order valence-electron chi connectivity index (χ2n) is 15.3. The van der Waals surface area contributed by atoms with Crippen molar-refractivity contribution in [2.24, 2.45) is 0 Å². The van der Waals surface area contributed by atoms with Gasteiger partial charge >= 0.3 is 0 Å². The molecule has 60 heavy (non-hydrogen) atoms. The fourth-order valence-corrected chi connectivity index (χ4v) is 10.4. The molecule has 6 heteroatoms. The zero-order chi connectivity index (χ0) is 39.3. The van der Waals surface area contributed by atoms with Crippen LogP contribution in [0.1, 0.15) is 0 Å². The summed E-state index contributed by atoms with van der Waals surface area (Å²) in [5.74, 6) is 3.19. The molecule has 2 aliphatic rings. The van der Waals surface area contributed by atoms with Gasteiger partial charge in [0.25, 0.3) is 0 Å². The number of benzene rings is 9. The molecule has 0 aliphatic carbocycles. The highest BCUT2D eigenvalue weighted by Gasteiger charge is 2.34. The molecule has 282 valence electrons. The third-order valence-electron chi connectivity index (χ3n) is 11.9. The predicted octanol–water partition coefficient (Wildman–Crippen LogP) is 16.0. The first-order valence-corrected chi connectivity index (χ1v) is 21.0. The van der Waals surface area contributed by atoms with Crippen molar-refractivity contribution < 1.29 is 9.47 Å². The number of ether oxygens (including phenoxy) is 2. The minimum Gasteiger partial charge on any atom is -0.453 e. The van der Waals surface area contributed by atoms with E-state index in [-0.39, 0.29) is 0 Å². The van der Waals surface area contributed by atoms with Crippen LogP contribution in [0.4, 0.5) is 34.1 Å². The van der Waals surface area contributed by atoms with Crippen molar-refractivity contribution in [1.82, 2.24) is 4.57 Å². The van der Waals surface area contributed by atoms with Crippen molar-refractivity contribution >= 4 is 87.4 Å². The van der Waals surface area contributed by atoms with Gasteiger partial charge in [-0.2, -0.15) is 0 Å². The summed E-state index contributed by atoms with van der Waals surface area (Å²) < 4.78 is 17.8. The van der Waals surface area contributed by atoms with Crippen molar-refractivity contribution in [3.63, 3.8) is 0 Å². The van der Waals surface area contributed by atoms with Gasteiger partial charge in [0.2, 0.25) is 0 Å². The van der Waals surface area contributed by atoms with Crippen LogP contribution >= 0.6 is 11.3 Å². The Kier molecular flexibility index (Phi) is 7.11. The van der Waals surface area contributed by atoms with E-state index >= 15 is 0 Å². The van der Waals surface area contributed by atoms with Crippen molar-refractivity contribution in [3.8, 4) is 39.8 Å². The van der Waals surface area contributed by atoms with Crippen LogP contribution in [-0.4, -0.2) is 4.57 Å². The smallest absolute Gasteiger partial charge is 0.155 e. The number of nitrogens with zero attached hydrogens (tertiary/aromatic N) is 3. The molecular weight excluding hydrogens is 755 g/mol. The summed E-state index contributed by atoms with van der Waals surface area (Å²) in [7, 11) is 0. The molecule has 0 radical (unpaired) electrons. The van der Waals surface area contributed by atoms with E-state index in [9.17, 15) is 0 Å². The molecule has 5 nitrogen and oxygen atoms in total. The lowest BCUT2D eigenvalue weighted by Gasteiger charge is -2.37. The maximum Gasteiger partial charge on any atom is 0.155 e. The highest BCUT2D eigenvalue weighted by Crippen LogP contribution is 2.60. The van der Waals surface area contributed by atoms with Gasteiger partial charge in [0.15, 0.2) is 23.0 Å². The highest BCUT2D eigenvalue weighted by molar-refractivity contribution is 7.26. The third-order valence-corrected chi connectivity index (χ3v) is 13.1. The number of hydrogen-bond donors (Lipinski definition) is 0. The minimum atomic E-state index is 0.780. The molecule has 2 aliphatic heterocycles. The number of hydrogen-bond acceptors (Lipinski definition) is 5. The SMILES string of the molecule is c1ccc(-n2c3ccccc3c3cc(N(c4ccc(-c5ccc6c(c5)N5c7ccccc7Oc7cccc(c75)O6)cc4)c4cccc5sc6ccccc6c45)ccc32)cc1. The highest BCUT2D eigenvalue weighted by atomic mass is 32.1. The van der Waals surface area contributed by atoms with Gasteiger partial charge in [0, 0.05) is 48.0 Å². The maximum absolute atomic E-state index is 6.49. The lowest BCUT2D eigenvalue weighted by Crippen LogP contribution is -2.20. The van der Waals surface area contributed by atoms with E-state index in [2.05, 4.69) is 184 Å². The Morgan fingerprint density at radius 1 is 0.417 bits per heavy atom. The Morgan fingerprint density at radius 3 is 1.93 bits per heavy atom. The minimum absolute atomic E-state index is 0.780. The molecule has 0 bridgehead atoms. The van der Waals surface area contributed by atoms with Gasteiger partial charge in [-0.1, -0.05) is 97.1 Å². The van der Waals surface area contributed by atoms with Gasteiger partial charge in [-0.3, -0.25) is 4.90 Å². The Morgan fingerprint density at radius 2 is 1.07 bits per heavy atom. The molecule has 0 atom stereocenters. The lowest BCUT2D eigenvalue weighted by molar-refractivity contribution is 0.446. The Labute approximate surface area is 349 Å². The monoisotopic (exact) mass is 787 g/mol. The van der Waals surface area contributed by atoms with Crippen LogP contribution in [0.5, 0.6) is 23.0 Å². The molecule has 0 spiro atoms. The van der Waals surface area contributed by atoms with Gasteiger partial charge in [-0.15, -0.1) is 11.3 Å². The average Bonchev–Trinajstić information content (AvgIpc) is 3.86. The van der Waals surface area contributed by atoms with Crippen LogP contribution in [-0.2, 0) is 0 Å². The topological polar surface area (TPSA) is 29.9 Å². The second-order valence-corrected chi connectivity index (χ2v) is 16.4. The number of para-hydroxylation sites is 5. The summed E-state index contributed by atoms with van der Waals surface area (Å²) >= 11 is 1.85. The Bertz CT molecular complexity index is 3500. The molecule has 4 heterocycles. The molecule has 2 aromatic heterocycles. The number of fused-ring (bicyclic) bond motifs is 10. The van der Waals surface area contributed by atoms with E-state index in [1.54, 1.807) is 0 Å². The van der Waals surface area contributed by atoms with Crippen molar-refractivity contribution in [3.05, 3.63) is 200 Å². The first-order chi connectivity index (χ1) is 29.7. The molecule has 0 saturated carbocycles. The van der Waals surface area contributed by atoms with E-state index in [1.165, 1.54) is 42.0 Å². The molecule has 0 saturated heterocycles. The second kappa shape index (κ2) is 12.9. The van der Waals surface area contributed by atoms with E-state index in [0.717, 1.165) is 73.9 Å². The number of anilines is 6. The molecule has 13 rings (SSSR count).